The van der Waals surface area contributed by atoms with Crippen molar-refractivity contribution in [3.8, 4) is 0 Å². The molecule has 0 spiro atoms. The second-order valence-corrected chi connectivity index (χ2v) is 4.96. The molecule has 1 fully saturated rings. The van der Waals surface area contributed by atoms with Gasteiger partial charge in [-0.15, -0.1) is 0 Å². The van der Waals surface area contributed by atoms with E-state index in [1.54, 1.807) is 0 Å². The second kappa shape index (κ2) is 4.90. The lowest BCUT2D eigenvalue weighted by atomic mass is 10.1. The maximum atomic E-state index is 4.66. The second-order valence-electron chi connectivity index (χ2n) is 4.96. The van der Waals surface area contributed by atoms with E-state index in [2.05, 4.69) is 27.2 Å². The van der Waals surface area contributed by atoms with Crippen LogP contribution in [0.1, 0.15) is 6.42 Å². The molecule has 1 saturated heterocycles. The Labute approximate surface area is 107 Å². The van der Waals surface area contributed by atoms with Gasteiger partial charge in [-0.3, -0.25) is 4.98 Å². The molecule has 1 aliphatic rings. The lowest BCUT2D eigenvalue weighted by molar-refractivity contribution is 0.576. The molecule has 3 rings (SSSR count). The topological polar surface area (TPSA) is 41.0 Å². The highest BCUT2D eigenvalue weighted by atomic mass is 15.2. The van der Waals surface area contributed by atoms with Crippen molar-refractivity contribution in [2.75, 3.05) is 31.6 Å². The van der Waals surface area contributed by atoms with Crippen molar-refractivity contribution in [2.24, 2.45) is 5.92 Å². The van der Waals surface area contributed by atoms with Crippen LogP contribution in [0.15, 0.2) is 30.5 Å². The number of aromatic nitrogens is 2. The van der Waals surface area contributed by atoms with E-state index in [0.717, 1.165) is 42.4 Å². The summed E-state index contributed by atoms with van der Waals surface area (Å²) >= 11 is 0. The van der Waals surface area contributed by atoms with Crippen LogP contribution in [0.2, 0.25) is 0 Å². The third-order valence-electron chi connectivity index (χ3n) is 3.52. The Hall–Kier alpha value is -1.68. The molecule has 2 aromatic rings. The van der Waals surface area contributed by atoms with Gasteiger partial charge in [-0.25, -0.2) is 4.98 Å². The number of fused-ring (bicyclic) bond motifs is 1. The van der Waals surface area contributed by atoms with Crippen LogP contribution in [0.5, 0.6) is 0 Å². The largest absolute Gasteiger partial charge is 0.358 e. The highest BCUT2D eigenvalue weighted by Crippen LogP contribution is 2.17. The lowest BCUT2D eigenvalue weighted by Gasteiger charge is -2.21. The first-order valence-corrected chi connectivity index (χ1v) is 6.46. The molecule has 2 heterocycles. The van der Waals surface area contributed by atoms with E-state index >= 15 is 0 Å². The zero-order chi connectivity index (χ0) is 12.4. The van der Waals surface area contributed by atoms with Crippen LogP contribution in [0.3, 0.4) is 0 Å². The van der Waals surface area contributed by atoms with Gasteiger partial charge in [0.15, 0.2) is 0 Å². The van der Waals surface area contributed by atoms with Crippen molar-refractivity contribution in [3.05, 3.63) is 30.5 Å². The van der Waals surface area contributed by atoms with Crippen LogP contribution < -0.4 is 10.2 Å². The molecule has 1 unspecified atom stereocenters. The Morgan fingerprint density at radius 1 is 1.33 bits per heavy atom. The molecule has 4 heteroatoms. The van der Waals surface area contributed by atoms with Gasteiger partial charge in [-0.05, 0) is 37.6 Å². The molecule has 1 N–H and O–H groups in total. The molecule has 1 atom stereocenters. The molecule has 18 heavy (non-hydrogen) atoms. The predicted octanol–water partition coefficient (Wildman–Crippen LogP) is 1.68. The van der Waals surface area contributed by atoms with Gasteiger partial charge >= 0.3 is 0 Å². The predicted molar refractivity (Wildman–Crippen MR) is 73.8 cm³/mol. The molecular weight excluding hydrogens is 224 g/mol. The number of hydrogen-bond donors (Lipinski definition) is 1. The van der Waals surface area contributed by atoms with Gasteiger partial charge in [0.05, 0.1) is 17.2 Å². The van der Waals surface area contributed by atoms with Gasteiger partial charge in [0.1, 0.15) is 5.82 Å². The lowest BCUT2D eigenvalue weighted by Crippen LogP contribution is -2.27. The van der Waals surface area contributed by atoms with Crippen LogP contribution in [-0.4, -0.2) is 36.6 Å². The number of anilines is 1. The van der Waals surface area contributed by atoms with E-state index in [1.165, 1.54) is 6.42 Å². The van der Waals surface area contributed by atoms with Gasteiger partial charge < -0.3 is 10.2 Å². The first kappa shape index (κ1) is 11.4. The third-order valence-corrected chi connectivity index (χ3v) is 3.52. The minimum atomic E-state index is 0.725. The third kappa shape index (κ3) is 2.29. The molecule has 1 aromatic heterocycles. The molecule has 4 nitrogen and oxygen atoms in total. The van der Waals surface area contributed by atoms with Crippen molar-refractivity contribution in [1.29, 1.82) is 0 Å². The average molecular weight is 242 g/mol. The fourth-order valence-corrected chi connectivity index (χ4v) is 2.48. The summed E-state index contributed by atoms with van der Waals surface area (Å²) in [6.45, 7) is 3.30. The molecule has 1 aromatic carbocycles. The average Bonchev–Trinajstić information content (AvgIpc) is 2.91. The smallest absolute Gasteiger partial charge is 0.147 e. The Kier molecular flexibility index (Phi) is 3.11. The summed E-state index contributed by atoms with van der Waals surface area (Å²) in [6.07, 6.45) is 3.12. The number of para-hydroxylation sites is 2. The van der Waals surface area contributed by atoms with Crippen LogP contribution in [0, 0.1) is 5.92 Å². The number of nitrogens with zero attached hydrogens (tertiary/aromatic N) is 3. The van der Waals surface area contributed by atoms with Gasteiger partial charge in [0.2, 0.25) is 0 Å². The van der Waals surface area contributed by atoms with E-state index in [-0.39, 0.29) is 0 Å². The van der Waals surface area contributed by atoms with Crippen molar-refractivity contribution >= 4 is 16.9 Å². The summed E-state index contributed by atoms with van der Waals surface area (Å²) in [5.41, 5.74) is 1.92. The minimum absolute atomic E-state index is 0.725. The highest BCUT2D eigenvalue weighted by Gasteiger charge is 2.17. The van der Waals surface area contributed by atoms with Gasteiger partial charge in [-0.1, -0.05) is 12.1 Å². The van der Waals surface area contributed by atoms with E-state index in [0.29, 0.717) is 0 Å². The standard InChI is InChI=1S/C14H18N4/c1-18(10-11-6-7-15-8-11)14-9-16-12-4-2-3-5-13(12)17-14/h2-5,9,11,15H,6-8,10H2,1H3. The zero-order valence-corrected chi connectivity index (χ0v) is 10.6. The summed E-state index contributed by atoms with van der Waals surface area (Å²) in [7, 11) is 2.09. The summed E-state index contributed by atoms with van der Waals surface area (Å²) in [5, 5.41) is 3.40. The van der Waals surface area contributed by atoms with E-state index in [4.69, 9.17) is 0 Å². The maximum Gasteiger partial charge on any atom is 0.147 e. The summed E-state index contributed by atoms with van der Waals surface area (Å²) < 4.78 is 0. The van der Waals surface area contributed by atoms with E-state index in [9.17, 15) is 0 Å². The van der Waals surface area contributed by atoms with Crippen molar-refractivity contribution in [3.63, 3.8) is 0 Å². The fraction of sp³-hybridized carbons (Fsp3) is 0.429. The number of hydrogen-bond acceptors (Lipinski definition) is 4. The molecular formula is C14H18N4. The molecule has 0 saturated carbocycles. The van der Waals surface area contributed by atoms with Gasteiger partial charge in [0, 0.05) is 13.6 Å². The number of rotatable bonds is 3. The SMILES string of the molecule is CN(CC1CCNC1)c1cnc2ccccc2n1. The Morgan fingerprint density at radius 3 is 2.94 bits per heavy atom. The van der Waals surface area contributed by atoms with Crippen LogP contribution in [0.4, 0.5) is 5.82 Å². The number of nitrogens with one attached hydrogen (secondary N) is 1. The highest BCUT2D eigenvalue weighted by molar-refractivity contribution is 5.75. The fourth-order valence-electron chi connectivity index (χ4n) is 2.48. The Bertz CT molecular complexity index is 534. The summed E-state index contributed by atoms with van der Waals surface area (Å²) in [6, 6.07) is 8.00. The van der Waals surface area contributed by atoms with Crippen molar-refractivity contribution in [1.82, 2.24) is 15.3 Å². The van der Waals surface area contributed by atoms with Gasteiger partial charge in [0.25, 0.3) is 0 Å². The first-order valence-electron chi connectivity index (χ1n) is 6.46. The maximum absolute atomic E-state index is 4.66. The summed E-state index contributed by atoms with van der Waals surface area (Å²) in [5.74, 6) is 1.68. The molecule has 1 aliphatic heterocycles. The van der Waals surface area contributed by atoms with Gasteiger partial charge in [-0.2, -0.15) is 0 Å². The van der Waals surface area contributed by atoms with Crippen molar-refractivity contribution < 1.29 is 0 Å². The Morgan fingerprint density at radius 2 is 2.17 bits per heavy atom. The van der Waals surface area contributed by atoms with E-state index in [1.807, 2.05) is 30.5 Å². The Balaban J connectivity index is 1.80. The molecule has 0 aliphatic carbocycles. The molecule has 0 radical (unpaired) electrons. The molecule has 94 valence electrons. The molecule has 0 amide bonds. The van der Waals surface area contributed by atoms with Crippen LogP contribution >= 0.6 is 0 Å². The summed E-state index contributed by atoms with van der Waals surface area (Å²) in [4.78, 5) is 11.3. The van der Waals surface area contributed by atoms with Crippen LogP contribution in [-0.2, 0) is 0 Å². The molecule has 0 bridgehead atoms. The quantitative estimate of drug-likeness (QED) is 0.889. The normalized spacial score (nSPS) is 19.3. The minimum Gasteiger partial charge on any atom is -0.358 e. The number of benzene rings is 1. The first-order chi connectivity index (χ1) is 8.83. The van der Waals surface area contributed by atoms with E-state index < -0.39 is 0 Å². The zero-order valence-electron chi connectivity index (χ0n) is 10.6. The van der Waals surface area contributed by atoms with Crippen LogP contribution in [0.25, 0.3) is 11.0 Å². The monoisotopic (exact) mass is 242 g/mol. The van der Waals surface area contributed by atoms with Crippen molar-refractivity contribution in [2.45, 2.75) is 6.42 Å².